The molecule has 1 aromatic heterocycles. The Morgan fingerprint density at radius 1 is 1.08 bits per heavy atom. The highest BCUT2D eigenvalue weighted by molar-refractivity contribution is 5.92. The van der Waals surface area contributed by atoms with E-state index in [9.17, 15) is 9.59 Å². The fourth-order valence-electron chi connectivity index (χ4n) is 3.79. The van der Waals surface area contributed by atoms with Crippen LogP contribution in [-0.2, 0) is 4.79 Å². The lowest BCUT2D eigenvalue weighted by molar-refractivity contribution is -0.135. The minimum Gasteiger partial charge on any atom is -0.356 e. The van der Waals surface area contributed by atoms with E-state index in [1.54, 1.807) is 13.1 Å². The highest BCUT2D eigenvalue weighted by atomic mass is 16.2. The molecule has 2 aliphatic heterocycles. The minimum absolute atomic E-state index is 0.0392. The van der Waals surface area contributed by atoms with Crippen LogP contribution in [0, 0.1) is 5.92 Å². The van der Waals surface area contributed by atoms with Crippen molar-refractivity contribution >= 4 is 17.6 Å². The van der Waals surface area contributed by atoms with Gasteiger partial charge < -0.3 is 15.1 Å². The molecule has 1 N–H and O–H groups in total. The van der Waals surface area contributed by atoms with Gasteiger partial charge in [-0.25, -0.2) is 4.98 Å². The van der Waals surface area contributed by atoms with Gasteiger partial charge in [-0.05, 0) is 37.8 Å². The van der Waals surface area contributed by atoms with E-state index in [0.29, 0.717) is 18.1 Å². The summed E-state index contributed by atoms with van der Waals surface area (Å²) < 4.78 is 0. The molecule has 25 heavy (non-hydrogen) atoms. The van der Waals surface area contributed by atoms with Gasteiger partial charge in [-0.15, -0.1) is 0 Å². The number of piperidine rings is 1. The monoisotopic (exact) mass is 344 g/mol. The number of aromatic nitrogens is 1. The third-order valence-electron chi connectivity index (χ3n) is 5.21. The molecule has 2 fully saturated rings. The van der Waals surface area contributed by atoms with Crippen LogP contribution < -0.4 is 10.2 Å². The van der Waals surface area contributed by atoms with Gasteiger partial charge in [0.15, 0.2) is 0 Å². The summed E-state index contributed by atoms with van der Waals surface area (Å²) in [5.41, 5.74) is 0.418. The van der Waals surface area contributed by atoms with Gasteiger partial charge in [0.25, 0.3) is 5.91 Å². The largest absolute Gasteiger partial charge is 0.356 e. The van der Waals surface area contributed by atoms with Crippen molar-refractivity contribution in [3.8, 4) is 0 Å². The van der Waals surface area contributed by atoms with Crippen molar-refractivity contribution in [2.45, 2.75) is 38.5 Å². The van der Waals surface area contributed by atoms with E-state index in [-0.39, 0.29) is 11.8 Å². The van der Waals surface area contributed by atoms with Crippen LogP contribution in [0.2, 0.25) is 0 Å². The molecule has 0 saturated carbocycles. The number of likely N-dealkylation sites (tertiary alicyclic amines) is 1. The molecule has 0 aliphatic carbocycles. The summed E-state index contributed by atoms with van der Waals surface area (Å²) in [6, 6.07) is 5.49. The van der Waals surface area contributed by atoms with E-state index in [2.05, 4.69) is 20.1 Å². The van der Waals surface area contributed by atoms with Gasteiger partial charge in [-0.1, -0.05) is 18.9 Å². The Balaban J connectivity index is 1.68. The van der Waals surface area contributed by atoms with Crippen molar-refractivity contribution in [2.75, 3.05) is 38.1 Å². The van der Waals surface area contributed by atoms with Crippen LogP contribution in [0.1, 0.15) is 49.0 Å². The predicted molar refractivity (Wildman–Crippen MR) is 97.6 cm³/mol. The fraction of sp³-hybridized carbons (Fsp3) is 0.632. The molecular formula is C19H28N4O2. The van der Waals surface area contributed by atoms with Gasteiger partial charge in [0.05, 0.1) is 5.92 Å². The van der Waals surface area contributed by atoms with Crippen LogP contribution >= 0.6 is 0 Å². The summed E-state index contributed by atoms with van der Waals surface area (Å²) in [5.74, 6) is 0.942. The van der Waals surface area contributed by atoms with E-state index in [4.69, 9.17) is 0 Å². The zero-order chi connectivity index (χ0) is 17.6. The average Bonchev–Trinajstić information content (AvgIpc) is 2.96. The first-order valence-electron chi connectivity index (χ1n) is 9.42. The standard InChI is InChI=1S/C19H28N4O2/c1-20-18(24)16-9-6-10-17(21-16)23-13-7-8-15(14-23)19(25)22-11-4-2-3-5-12-22/h6,9-10,15H,2-5,7-8,11-14H2,1H3,(H,20,24)/t15-/m0/s1. The number of hydrogen-bond donors (Lipinski definition) is 1. The van der Waals surface area contributed by atoms with E-state index in [1.807, 2.05) is 12.1 Å². The van der Waals surface area contributed by atoms with Crippen molar-refractivity contribution in [2.24, 2.45) is 5.92 Å². The maximum absolute atomic E-state index is 12.9. The molecule has 0 aromatic carbocycles. The van der Waals surface area contributed by atoms with Crippen molar-refractivity contribution in [3.63, 3.8) is 0 Å². The molecule has 0 unspecified atom stereocenters. The van der Waals surface area contributed by atoms with Crippen LogP contribution in [0.3, 0.4) is 0 Å². The van der Waals surface area contributed by atoms with Crippen molar-refractivity contribution in [1.29, 1.82) is 0 Å². The number of carbonyl (C=O) groups excluding carboxylic acids is 2. The SMILES string of the molecule is CNC(=O)c1cccc(N2CCC[C@H](C(=O)N3CCCCCC3)C2)n1. The smallest absolute Gasteiger partial charge is 0.269 e. The molecule has 0 radical (unpaired) electrons. The quantitative estimate of drug-likeness (QED) is 0.911. The highest BCUT2D eigenvalue weighted by Gasteiger charge is 2.30. The van der Waals surface area contributed by atoms with Gasteiger partial charge in [-0.2, -0.15) is 0 Å². The second-order valence-corrected chi connectivity index (χ2v) is 6.98. The van der Waals surface area contributed by atoms with Crippen LogP contribution in [0.15, 0.2) is 18.2 Å². The summed E-state index contributed by atoms with van der Waals surface area (Å²) in [6.45, 7) is 3.38. The Hall–Kier alpha value is -2.11. The van der Waals surface area contributed by atoms with Gasteiger partial charge >= 0.3 is 0 Å². The zero-order valence-electron chi connectivity index (χ0n) is 15.0. The molecule has 3 heterocycles. The average molecular weight is 344 g/mol. The van der Waals surface area contributed by atoms with Gasteiger partial charge in [0.2, 0.25) is 5.91 Å². The molecule has 0 bridgehead atoms. The van der Waals surface area contributed by atoms with E-state index in [0.717, 1.165) is 51.1 Å². The van der Waals surface area contributed by atoms with Crippen molar-refractivity contribution < 1.29 is 9.59 Å². The summed E-state index contributed by atoms with van der Waals surface area (Å²) >= 11 is 0. The van der Waals surface area contributed by atoms with Crippen LogP contribution in [0.25, 0.3) is 0 Å². The molecule has 6 heteroatoms. The lowest BCUT2D eigenvalue weighted by Gasteiger charge is -2.35. The molecule has 1 atom stereocenters. The van der Waals surface area contributed by atoms with E-state index in [1.165, 1.54) is 12.8 Å². The Morgan fingerprint density at radius 2 is 1.84 bits per heavy atom. The topological polar surface area (TPSA) is 65.5 Å². The normalized spacial score (nSPS) is 21.6. The first kappa shape index (κ1) is 17.7. The summed E-state index contributed by atoms with van der Waals surface area (Å²) in [5, 5.41) is 2.61. The number of amides is 2. The third kappa shape index (κ3) is 4.30. The predicted octanol–water partition coefficient (Wildman–Crippen LogP) is 2.06. The minimum atomic E-state index is -0.184. The molecule has 6 nitrogen and oxygen atoms in total. The molecule has 3 rings (SSSR count). The number of pyridine rings is 1. The molecule has 2 aliphatic rings. The molecular weight excluding hydrogens is 316 g/mol. The van der Waals surface area contributed by atoms with Gasteiger partial charge in [0.1, 0.15) is 11.5 Å². The molecule has 2 amide bonds. The number of nitrogens with zero attached hydrogens (tertiary/aromatic N) is 3. The Labute approximate surface area is 149 Å². The third-order valence-corrected chi connectivity index (χ3v) is 5.21. The number of hydrogen-bond acceptors (Lipinski definition) is 4. The fourth-order valence-corrected chi connectivity index (χ4v) is 3.79. The molecule has 1 aromatic rings. The lowest BCUT2D eigenvalue weighted by Crippen LogP contribution is -2.45. The number of nitrogens with one attached hydrogen (secondary N) is 1. The van der Waals surface area contributed by atoms with E-state index >= 15 is 0 Å². The molecule has 0 spiro atoms. The van der Waals surface area contributed by atoms with Crippen LogP contribution in [0.4, 0.5) is 5.82 Å². The second kappa shape index (κ2) is 8.32. The highest BCUT2D eigenvalue weighted by Crippen LogP contribution is 2.24. The number of carbonyl (C=O) groups is 2. The first-order chi connectivity index (χ1) is 12.2. The van der Waals surface area contributed by atoms with Crippen LogP contribution in [-0.4, -0.2) is 54.9 Å². The van der Waals surface area contributed by atoms with Crippen LogP contribution in [0.5, 0.6) is 0 Å². The first-order valence-corrected chi connectivity index (χ1v) is 9.42. The Bertz CT molecular complexity index is 611. The maximum Gasteiger partial charge on any atom is 0.269 e. The number of anilines is 1. The summed E-state index contributed by atoms with van der Waals surface area (Å²) in [7, 11) is 1.60. The molecule has 136 valence electrons. The lowest BCUT2D eigenvalue weighted by atomic mass is 9.96. The summed E-state index contributed by atoms with van der Waals surface area (Å²) in [4.78, 5) is 33.4. The Kier molecular flexibility index (Phi) is 5.89. The van der Waals surface area contributed by atoms with E-state index < -0.39 is 0 Å². The number of rotatable bonds is 3. The second-order valence-electron chi connectivity index (χ2n) is 6.98. The summed E-state index contributed by atoms with van der Waals surface area (Å²) in [6.07, 6.45) is 6.64. The van der Waals surface area contributed by atoms with Crippen molar-refractivity contribution in [1.82, 2.24) is 15.2 Å². The Morgan fingerprint density at radius 3 is 2.56 bits per heavy atom. The van der Waals surface area contributed by atoms with Gasteiger partial charge in [0, 0.05) is 33.2 Å². The van der Waals surface area contributed by atoms with Gasteiger partial charge in [-0.3, -0.25) is 9.59 Å². The maximum atomic E-state index is 12.9. The van der Waals surface area contributed by atoms with Crippen molar-refractivity contribution in [3.05, 3.63) is 23.9 Å². The zero-order valence-corrected chi connectivity index (χ0v) is 15.0. The molecule has 2 saturated heterocycles.